The van der Waals surface area contributed by atoms with E-state index in [2.05, 4.69) is 10.6 Å². The molecule has 0 saturated carbocycles. The number of methoxy groups -OCH3 is 1. The van der Waals surface area contributed by atoms with E-state index in [1.165, 1.54) is 6.92 Å². The molecule has 0 aliphatic rings. The summed E-state index contributed by atoms with van der Waals surface area (Å²) in [5.74, 6) is -6.18. The van der Waals surface area contributed by atoms with Gasteiger partial charge in [-0.3, -0.25) is 14.4 Å². The number of carboxylic acids is 2. The highest BCUT2D eigenvalue weighted by atomic mass is 19.4. The minimum Gasteiger partial charge on any atom is -0.481 e. The molecular weight excluding hydrogens is 501 g/mol. The summed E-state index contributed by atoms with van der Waals surface area (Å²) < 4.78 is 52.0. The molecule has 4 N–H and O–H groups in total. The molecule has 36 heavy (non-hydrogen) atoms. The second-order valence-electron chi connectivity index (χ2n) is 7.94. The molecule has 0 aliphatic carbocycles. The van der Waals surface area contributed by atoms with E-state index < -0.39 is 60.0 Å². The van der Waals surface area contributed by atoms with Crippen LogP contribution in [-0.2, 0) is 42.9 Å². The summed E-state index contributed by atoms with van der Waals surface area (Å²) in [4.78, 5) is 56.0. The number of carbonyl (C=O) groups excluding carboxylic acids is 3. The standard InChI is InChI=1S/C18H32N2O9.C2HF3O2/c1-12(19-14(21)11-28-9-8-27-7-6-26-5)16(24)20-13(10-15(22)23)17(25)29-18(2,3)4;3-2(4,5)1(6)7/h12-13H,6-11H2,1-5H3,(H,19,21)(H,20,24)(H,22,23);(H,6,7). The van der Waals surface area contributed by atoms with Crippen LogP contribution in [0, 0.1) is 0 Å². The Morgan fingerprint density at radius 1 is 0.889 bits per heavy atom. The van der Waals surface area contributed by atoms with Crippen molar-refractivity contribution in [2.75, 3.05) is 40.1 Å². The highest BCUT2D eigenvalue weighted by Crippen LogP contribution is 2.13. The van der Waals surface area contributed by atoms with Crippen LogP contribution in [0.25, 0.3) is 0 Å². The fourth-order valence-electron chi connectivity index (χ4n) is 1.91. The fraction of sp³-hybridized carbons (Fsp3) is 0.750. The van der Waals surface area contributed by atoms with Gasteiger partial charge in [0.2, 0.25) is 11.8 Å². The third-order valence-corrected chi connectivity index (χ3v) is 3.44. The lowest BCUT2D eigenvalue weighted by Crippen LogP contribution is -2.52. The molecule has 2 unspecified atom stereocenters. The minimum atomic E-state index is -5.08. The van der Waals surface area contributed by atoms with Crippen LogP contribution in [0.4, 0.5) is 13.2 Å². The smallest absolute Gasteiger partial charge is 0.481 e. The van der Waals surface area contributed by atoms with Gasteiger partial charge >= 0.3 is 24.1 Å². The molecule has 0 spiro atoms. The predicted octanol–water partition coefficient (Wildman–Crippen LogP) is 0.105. The average Bonchev–Trinajstić information content (AvgIpc) is 2.70. The third kappa shape index (κ3) is 20.4. The summed E-state index contributed by atoms with van der Waals surface area (Å²) in [6.45, 7) is 7.33. The molecule has 0 aromatic carbocycles. The van der Waals surface area contributed by atoms with Crippen LogP contribution in [0.15, 0.2) is 0 Å². The van der Waals surface area contributed by atoms with Crippen molar-refractivity contribution in [1.29, 1.82) is 0 Å². The monoisotopic (exact) mass is 534 g/mol. The Kier molecular flexibility index (Phi) is 17.1. The molecule has 13 nitrogen and oxygen atoms in total. The Labute approximate surface area is 205 Å². The van der Waals surface area contributed by atoms with Gasteiger partial charge < -0.3 is 39.8 Å². The Balaban J connectivity index is 0. The zero-order chi connectivity index (χ0) is 28.5. The average molecular weight is 534 g/mol. The van der Waals surface area contributed by atoms with Crippen molar-refractivity contribution in [2.45, 2.75) is 58.0 Å². The van der Waals surface area contributed by atoms with Crippen molar-refractivity contribution < 1.29 is 66.3 Å². The van der Waals surface area contributed by atoms with Crippen LogP contribution in [0.2, 0.25) is 0 Å². The summed E-state index contributed by atoms with van der Waals surface area (Å²) in [5, 5.41) is 20.8. The first-order valence-corrected chi connectivity index (χ1v) is 10.4. The number of carbonyl (C=O) groups is 5. The van der Waals surface area contributed by atoms with Crippen molar-refractivity contribution in [3.63, 3.8) is 0 Å². The minimum absolute atomic E-state index is 0.192. The van der Waals surface area contributed by atoms with Gasteiger partial charge in [0.1, 0.15) is 24.3 Å². The molecule has 0 heterocycles. The van der Waals surface area contributed by atoms with Crippen LogP contribution < -0.4 is 10.6 Å². The number of amides is 2. The van der Waals surface area contributed by atoms with Gasteiger partial charge in [0.25, 0.3) is 0 Å². The van der Waals surface area contributed by atoms with Gasteiger partial charge in [0, 0.05) is 7.11 Å². The molecule has 0 aromatic rings. The number of hydrogen-bond acceptors (Lipinski definition) is 9. The zero-order valence-corrected chi connectivity index (χ0v) is 20.6. The molecule has 2 amide bonds. The number of halogens is 3. The number of alkyl halides is 3. The van der Waals surface area contributed by atoms with Crippen LogP contribution in [0.1, 0.15) is 34.1 Å². The zero-order valence-electron chi connectivity index (χ0n) is 20.6. The highest BCUT2D eigenvalue weighted by molar-refractivity contribution is 5.92. The van der Waals surface area contributed by atoms with E-state index in [0.717, 1.165) is 0 Å². The van der Waals surface area contributed by atoms with E-state index in [9.17, 15) is 32.3 Å². The molecule has 0 fully saturated rings. The van der Waals surface area contributed by atoms with Crippen molar-refractivity contribution in [2.24, 2.45) is 0 Å². The number of hydrogen-bond donors (Lipinski definition) is 4. The molecule has 0 radical (unpaired) electrons. The second kappa shape index (κ2) is 17.4. The molecule has 210 valence electrons. The molecular formula is C20H33F3N2O11. The fourth-order valence-corrected chi connectivity index (χ4v) is 1.91. The predicted molar refractivity (Wildman–Crippen MR) is 115 cm³/mol. The molecule has 0 aromatic heterocycles. The van der Waals surface area contributed by atoms with Gasteiger partial charge in [0.15, 0.2) is 0 Å². The lowest BCUT2D eigenvalue weighted by atomic mass is 10.1. The number of nitrogens with one attached hydrogen (secondary N) is 2. The van der Waals surface area contributed by atoms with Crippen molar-refractivity contribution in [3.05, 3.63) is 0 Å². The Bertz CT molecular complexity index is 725. The quantitative estimate of drug-likeness (QED) is 0.175. The summed E-state index contributed by atoms with van der Waals surface area (Å²) in [7, 11) is 1.55. The van der Waals surface area contributed by atoms with Crippen molar-refractivity contribution in [3.8, 4) is 0 Å². The number of ether oxygens (including phenoxy) is 4. The molecule has 0 rings (SSSR count). The molecule has 2 atom stereocenters. The Hall–Kier alpha value is -2.98. The summed E-state index contributed by atoms with van der Waals surface area (Å²) in [6.07, 6.45) is -5.73. The van der Waals surface area contributed by atoms with Crippen LogP contribution >= 0.6 is 0 Å². The normalized spacial score (nSPS) is 12.9. The third-order valence-electron chi connectivity index (χ3n) is 3.44. The van der Waals surface area contributed by atoms with E-state index in [1.807, 2.05) is 0 Å². The Morgan fingerprint density at radius 3 is 1.83 bits per heavy atom. The maximum absolute atomic E-state index is 12.2. The highest BCUT2D eigenvalue weighted by Gasteiger charge is 2.38. The second-order valence-corrected chi connectivity index (χ2v) is 7.94. The van der Waals surface area contributed by atoms with Gasteiger partial charge in [-0.1, -0.05) is 0 Å². The van der Waals surface area contributed by atoms with Crippen molar-refractivity contribution >= 4 is 29.7 Å². The maximum Gasteiger partial charge on any atom is 0.490 e. The summed E-state index contributed by atoms with van der Waals surface area (Å²) in [5.41, 5.74) is -0.844. The number of aliphatic carboxylic acids is 2. The Morgan fingerprint density at radius 2 is 1.39 bits per heavy atom. The maximum atomic E-state index is 12.2. The topological polar surface area (TPSA) is 187 Å². The van der Waals surface area contributed by atoms with Crippen LogP contribution in [-0.4, -0.2) is 104 Å². The SMILES string of the molecule is COCCOCCOCC(=O)NC(C)C(=O)NC(CC(=O)O)C(=O)OC(C)(C)C.O=C(O)C(F)(F)F. The molecule has 0 bridgehead atoms. The van der Waals surface area contributed by atoms with Gasteiger partial charge in [-0.15, -0.1) is 0 Å². The first-order valence-electron chi connectivity index (χ1n) is 10.4. The summed E-state index contributed by atoms with van der Waals surface area (Å²) in [6, 6.07) is -2.39. The van der Waals surface area contributed by atoms with E-state index in [1.54, 1.807) is 27.9 Å². The first kappa shape index (κ1) is 35.2. The number of carboxylic acid groups (broad SMARTS) is 2. The largest absolute Gasteiger partial charge is 0.490 e. The molecule has 0 saturated heterocycles. The van der Waals surface area contributed by atoms with E-state index in [-0.39, 0.29) is 13.2 Å². The summed E-state index contributed by atoms with van der Waals surface area (Å²) >= 11 is 0. The number of esters is 1. The van der Waals surface area contributed by atoms with E-state index in [4.69, 9.17) is 34.0 Å². The number of rotatable bonds is 14. The molecule has 0 aliphatic heterocycles. The van der Waals surface area contributed by atoms with Crippen LogP contribution in [0.3, 0.4) is 0 Å². The van der Waals surface area contributed by atoms with E-state index >= 15 is 0 Å². The van der Waals surface area contributed by atoms with Crippen LogP contribution in [0.5, 0.6) is 0 Å². The van der Waals surface area contributed by atoms with Gasteiger partial charge in [0.05, 0.1) is 32.8 Å². The van der Waals surface area contributed by atoms with Gasteiger partial charge in [-0.05, 0) is 27.7 Å². The van der Waals surface area contributed by atoms with E-state index in [0.29, 0.717) is 19.8 Å². The first-order chi connectivity index (χ1) is 16.4. The van der Waals surface area contributed by atoms with Gasteiger partial charge in [-0.2, -0.15) is 13.2 Å². The molecule has 16 heteroatoms. The lowest BCUT2D eigenvalue weighted by Gasteiger charge is -2.24. The van der Waals surface area contributed by atoms with Crippen molar-refractivity contribution in [1.82, 2.24) is 10.6 Å². The lowest BCUT2D eigenvalue weighted by molar-refractivity contribution is -0.192. The van der Waals surface area contributed by atoms with Gasteiger partial charge in [-0.25, -0.2) is 9.59 Å².